The number of fused-ring (bicyclic) bond motifs is 3. The van der Waals surface area contributed by atoms with E-state index in [4.69, 9.17) is 10.5 Å². The van der Waals surface area contributed by atoms with Gasteiger partial charge in [0.25, 0.3) is 0 Å². The smallest absolute Gasteiger partial charge is 0.135 e. The summed E-state index contributed by atoms with van der Waals surface area (Å²) in [5.41, 5.74) is 16.7. The quantitative estimate of drug-likeness (QED) is 0.291. The van der Waals surface area contributed by atoms with Gasteiger partial charge in [-0.15, -0.1) is 0 Å². The lowest BCUT2D eigenvalue weighted by Gasteiger charge is -2.15. The summed E-state index contributed by atoms with van der Waals surface area (Å²) in [6.07, 6.45) is 0.964. The summed E-state index contributed by atoms with van der Waals surface area (Å²) in [6.45, 7) is 0. The van der Waals surface area contributed by atoms with Crippen LogP contribution in [0.4, 0.5) is 5.69 Å². The Morgan fingerprint density at radius 2 is 1.27 bits per heavy atom. The fourth-order valence-electron chi connectivity index (χ4n) is 4.72. The molecule has 2 heteroatoms. The minimum atomic E-state index is 0.722. The van der Waals surface area contributed by atoms with Crippen LogP contribution in [0.25, 0.3) is 33.4 Å². The van der Waals surface area contributed by atoms with Crippen LogP contribution in [0.2, 0.25) is 0 Å². The minimum absolute atomic E-state index is 0.722. The molecule has 2 N–H and O–H groups in total. The molecule has 0 saturated carbocycles. The molecule has 0 radical (unpaired) electrons. The third-order valence-electron chi connectivity index (χ3n) is 6.33. The fourth-order valence-corrected chi connectivity index (χ4v) is 4.72. The normalized spacial score (nSPS) is 11.6. The Labute approximate surface area is 193 Å². The SMILES string of the molecule is Nc1ccc(Oc2ccc(-c3cccc4c3Cc3ccccc3-4)cc2-c2ccccc2)cc1. The van der Waals surface area contributed by atoms with Crippen LogP contribution in [0, 0.1) is 0 Å². The van der Waals surface area contributed by atoms with Gasteiger partial charge in [-0.3, -0.25) is 0 Å². The van der Waals surface area contributed by atoms with Crippen LogP contribution < -0.4 is 10.5 Å². The average molecular weight is 426 g/mol. The summed E-state index contributed by atoms with van der Waals surface area (Å²) < 4.78 is 6.30. The van der Waals surface area contributed by atoms with Crippen molar-refractivity contribution in [3.8, 4) is 44.9 Å². The summed E-state index contributed by atoms with van der Waals surface area (Å²) in [6, 6.07) is 39.8. The number of benzene rings is 5. The Kier molecular flexibility index (Phi) is 4.70. The molecule has 0 amide bonds. The molecular formula is C31H23NO. The van der Waals surface area contributed by atoms with Gasteiger partial charge in [0.05, 0.1) is 0 Å². The van der Waals surface area contributed by atoms with Gasteiger partial charge in [-0.2, -0.15) is 0 Å². The third kappa shape index (κ3) is 3.56. The molecule has 1 aliphatic rings. The van der Waals surface area contributed by atoms with Crippen LogP contribution in [0.5, 0.6) is 11.5 Å². The molecule has 6 rings (SSSR count). The highest BCUT2D eigenvalue weighted by atomic mass is 16.5. The zero-order valence-electron chi connectivity index (χ0n) is 18.2. The second kappa shape index (κ2) is 7.99. The molecule has 0 heterocycles. The second-order valence-corrected chi connectivity index (χ2v) is 8.41. The Bertz CT molecular complexity index is 1450. The second-order valence-electron chi connectivity index (χ2n) is 8.41. The van der Waals surface area contributed by atoms with Crippen LogP contribution in [0.15, 0.2) is 115 Å². The molecule has 158 valence electrons. The molecule has 0 saturated heterocycles. The van der Waals surface area contributed by atoms with E-state index in [1.807, 2.05) is 30.3 Å². The van der Waals surface area contributed by atoms with Crippen molar-refractivity contribution in [2.45, 2.75) is 6.42 Å². The number of hydrogen-bond donors (Lipinski definition) is 1. The predicted octanol–water partition coefficient (Wildman–Crippen LogP) is 7.97. The van der Waals surface area contributed by atoms with Crippen LogP contribution in [0.1, 0.15) is 11.1 Å². The van der Waals surface area contributed by atoms with E-state index in [0.29, 0.717) is 0 Å². The van der Waals surface area contributed by atoms with Gasteiger partial charge in [0, 0.05) is 11.3 Å². The van der Waals surface area contributed by atoms with Gasteiger partial charge in [-0.25, -0.2) is 0 Å². The molecule has 1 aliphatic carbocycles. The number of hydrogen-bond acceptors (Lipinski definition) is 2. The lowest BCUT2D eigenvalue weighted by Crippen LogP contribution is -1.92. The summed E-state index contributed by atoms with van der Waals surface area (Å²) in [5, 5.41) is 0. The maximum Gasteiger partial charge on any atom is 0.135 e. The Balaban J connectivity index is 1.47. The predicted molar refractivity (Wildman–Crippen MR) is 136 cm³/mol. The van der Waals surface area contributed by atoms with Crippen molar-refractivity contribution < 1.29 is 4.74 Å². The molecule has 0 aromatic heterocycles. The maximum absolute atomic E-state index is 6.30. The molecule has 0 unspecified atom stereocenters. The topological polar surface area (TPSA) is 35.2 Å². The summed E-state index contributed by atoms with van der Waals surface area (Å²) in [4.78, 5) is 0. The zero-order valence-corrected chi connectivity index (χ0v) is 18.2. The number of nitrogens with two attached hydrogens (primary N) is 1. The highest BCUT2D eigenvalue weighted by Gasteiger charge is 2.21. The van der Waals surface area contributed by atoms with Crippen molar-refractivity contribution in [1.29, 1.82) is 0 Å². The van der Waals surface area contributed by atoms with E-state index in [1.54, 1.807) is 0 Å². The summed E-state index contributed by atoms with van der Waals surface area (Å²) in [5.74, 6) is 1.59. The number of ether oxygens (including phenoxy) is 1. The molecule has 0 fully saturated rings. The first-order valence-corrected chi connectivity index (χ1v) is 11.2. The summed E-state index contributed by atoms with van der Waals surface area (Å²) in [7, 11) is 0. The largest absolute Gasteiger partial charge is 0.457 e. The van der Waals surface area contributed by atoms with Gasteiger partial charge in [-0.1, -0.05) is 78.9 Å². The van der Waals surface area contributed by atoms with Crippen molar-refractivity contribution in [1.82, 2.24) is 0 Å². The van der Waals surface area contributed by atoms with Crippen LogP contribution >= 0.6 is 0 Å². The van der Waals surface area contributed by atoms with E-state index >= 15 is 0 Å². The molecule has 5 aromatic rings. The minimum Gasteiger partial charge on any atom is -0.457 e. The van der Waals surface area contributed by atoms with Crippen LogP contribution in [-0.2, 0) is 6.42 Å². The molecule has 2 nitrogen and oxygen atoms in total. The number of nitrogen functional groups attached to an aromatic ring is 1. The lowest BCUT2D eigenvalue weighted by atomic mass is 9.93. The van der Waals surface area contributed by atoms with Gasteiger partial charge >= 0.3 is 0 Å². The van der Waals surface area contributed by atoms with Gasteiger partial charge in [0.2, 0.25) is 0 Å². The molecule has 0 spiro atoms. The van der Waals surface area contributed by atoms with E-state index in [2.05, 4.69) is 84.9 Å². The van der Waals surface area contributed by atoms with Gasteiger partial charge in [0.1, 0.15) is 11.5 Å². The molecule has 5 aromatic carbocycles. The molecule has 0 atom stereocenters. The molecule has 0 aliphatic heterocycles. The highest BCUT2D eigenvalue weighted by Crippen LogP contribution is 2.43. The van der Waals surface area contributed by atoms with Gasteiger partial charge < -0.3 is 10.5 Å². The van der Waals surface area contributed by atoms with Crippen LogP contribution in [-0.4, -0.2) is 0 Å². The molecule has 33 heavy (non-hydrogen) atoms. The van der Waals surface area contributed by atoms with Gasteiger partial charge in [0.15, 0.2) is 0 Å². The van der Waals surface area contributed by atoms with Crippen molar-refractivity contribution in [2.24, 2.45) is 0 Å². The highest BCUT2D eigenvalue weighted by molar-refractivity contribution is 5.87. The van der Waals surface area contributed by atoms with Crippen molar-refractivity contribution in [2.75, 3.05) is 5.73 Å². The Morgan fingerprint density at radius 3 is 2.12 bits per heavy atom. The van der Waals surface area contributed by atoms with E-state index in [9.17, 15) is 0 Å². The van der Waals surface area contributed by atoms with Crippen molar-refractivity contribution >= 4 is 5.69 Å². The number of anilines is 1. The van der Waals surface area contributed by atoms with Crippen molar-refractivity contribution in [3.63, 3.8) is 0 Å². The zero-order chi connectivity index (χ0) is 22.2. The first-order chi connectivity index (χ1) is 16.3. The van der Waals surface area contributed by atoms with E-state index in [0.717, 1.165) is 34.7 Å². The standard InChI is InChI=1S/C31H23NO/c32-24-14-16-25(17-15-24)33-31-18-13-23(19-29(31)21-7-2-1-3-8-21)27-11-6-12-28-26-10-5-4-9-22(26)20-30(27)28/h1-19H,20,32H2. The maximum atomic E-state index is 6.30. The Morgan fingerprint density at radius 1 is 0.545 bits per heavy atom. The lowest BCUT2D eigenvalue weighted by molar-refractivity contribution is 0.484. The molecular weight excluding hydrogens is 402 g/mol. The van der Waals surface area contributed by atoms with E-state index in [1.165, 1.54) is 33.4 Å². The van der Waals surface area contributed by atoms with Crippen molar-refractivity contribution in [3.05, 3.63) is 126 Å². The first kappa shape index (κ1) is 19.4. The monoisotopic (exact) mass is 425 g/mol. The first-order valence-electron chi connectivity index (χ1n) is 11.2. The average Bonchev–Trinajstić information content (AvgIpc) is 3.25. The third-order valence-corrected chi connectivity index (χ3v) is 6.33. The molecule has 0 bridgehead atoms. The Hall–Kier alpha value is -4.30. The van der Waals surface area contributed by atoms with E-state index < -0.39 is 0 Å². The van der Waals surface area contributed by atoms with Crippen LogP contribution in [0.3, 0.4) is 0 Å². The van der Waals surface area contributed by atoms with E-state index in [-0.39, 0.29) is 0 Å². The van der Waals surface area contributed by atoms with Gasteiger partial charge in [-0.05, 0) is 81.8 Å². The number of rotatable bonds is 4. The summed E-state index contributed by atoms with van der Waals surface area (Å²) >= 11 is 0. The fraction of sp³-hybridized carbons (Fsp3) is 0.0323.